The highest BCUT2D eigenvalue weighted by molar-refractivity contribution is 5.79. The molecule has 2 aromatic carbocycles. The standard InChI is InChI=1S/C20H27N3O/c1-3-13-24-16-19-12-8-7-11-18(19)15-23-20(21-2)22-14-17-9-5-4-6-10-17/h4-12H,3,13-16H2,1-2H3,(H2,21,22,23). The second-order valence-corrected chi connectivity index (χ2v) is 5.59. The number of hydrogen-bond acceptors (Lipinski definition) is 2. The van der Waals surface area contributed by atoms with Crippen LogP contribution >= 0.6 is 0 Å². The van der Waals surface area contributed by atoms with Crippen molar-refractivity contribution in [3.8, 4) is 0 Å². The number of guanidine groups is 1. The van der Waals surface area contributed by atoms with Crippen LogP contribution in [0.1, 0.15) is 30.0 Å². The number of aliphatic imine (C=N–C) groups is 1. The molecule has 0 aromatic heterocycles. The summed E-state index contributed by atoms with van der Waals surface area (Å²) in [5.74, 6) is 0.795. The van der Waals surface area contributed by atoms with Gasteiger partial charge in [-0.3, -0.25) is 4.99 Å². The zero-order valence-corrected chi connectivity index (χ0v) is 14.6. The Balaban J connectivity index is 1.86. The van der Waals surface area contributed by atoms with Crippen molar-refractivity contribution in [3.05, 3.63) is 71.3 Å². The van der Waals surface area contributed by atoms with Gasteiger partial charge in [-0.05, 0) is 23.1 Å². The summed E-state index contributed by atoms with van der Waals surface area (Å²) in [7, 11) is 1.79. The highest BCUT2D eigenvalue weighted by Crippen LogP contribution is 2.10. The van der Waals surface area contributed by atoms with Gasteiger partial charge in [0.15, 0.2) is 5.96 Å². The Labute approximate surface area is 145 Å². The van der Waals surface area contributed by atoms with Crippen molar-refractivity contribution in [2.24, 2.45) is 4.99 Å². The fourth-order valence-electron chi connectivity index (χ4n) is 2.38. The Hall–Kier alpha value is -2.33. The Morgan fingerprint density at radius 1 is 0.917 bits per heavy atom. The van der Waals surface area contributed by atoms with Crippen molar-refractivity contribution < 1.29 is 4.74 Å². The average Bonchev–Trinajstić information content (AvgIpc) is 2.64. The van der Waals surface area contributed by atoms with Crippen molar-refractivity contribution >= 4 is 5.96 Å². The number of nitrogens with one attached hydrogen (secondary N) is 2. The van der Waals surface area contributed by atoms with Crippen LogP contribution in [0.4, 0.5) is 0 Å². The van der Waals surface area contributed by atoms with Gasteiger partial charge in [0.05, 0.1) is 6.61 Å². The van der Waals surface area contributed by atoms with E-state index in [9.17, 15) is 0 Å². The first-order valence-electron chi connectivity index (χ1n) is 8.46. The maximum Gasteiger partial charge on any atom is 0.191 e. The minimum atomic E-state index is 0.655. The lowest BCUT2D eigenvalue weighted by molar-refractivity contribution is 0.121. The predicted octanol–water partition coefficient (Wildman–Crippen LogP) is 3.48. The van der Waals surface area contributed by atoms with Gasteiger partial charge in [0.1, 0.15) is 0 Å². The molecule has 0 atom stereocenters. The monoisotopic (exact) mass is 325 g/mol. The van der Waals surface area contributed by atoms with Crippen molar-refractivity contribution in [1.29, 1.82) is 0 Å². The SMILES string of the molecule is CCCOCc1ccccc1CNC(=NC)NCc1ccccc1. The van der Waals surface area contributed by atoms with E-state index in [1.165, 1.54) is 16.7 Å². The number of rotatable bonds is 8. The third-order valence-electron chi connectivity index (χ3n) is 3.70. The molecule has 2 N–H and O–H groups in total. The van der Waals surface area contributed by atoms with E-state index in [0.29, 0.717) is 6.61 Å². The minimum Gasteiger partial charge on any atom is -0.377 e. The molecule has 0 saturated heterocycles. The van der Waals surface area contributed by atoms with Crippen molar-refractivity contribution in [1.82, 2.24) is 10.6 Å². The molecule has 0 radical (unpaired) electrons. The van der Waals surface area contributed by atoms with Crippen molar-refractivity contribution in [3.63, 3.8) is 0 Å². The molecule has 4 nitrogen and oxygen atoms in total. The van der Waals surface area contributed by atoms with Gasteiger partial charge in [0, 0.05) is 26.7 Å². The Morgan fingerprint density at radius 3 is 2.29 bits per heavy atom. The molecule has 0 bridgehead atoms. The third kappa shape index (κ3) is 6.05. The van der Waals surface area contributed by atoms with E-state index in [1.807, 2.05) is 18.2 Å². The lowest BCUT2D eigenvalue weighted by atomic mass is 10.1. The Kier molecular flexibility index (Phi) is 7.84. The van der Waals surface area contributed by atoms with Crippen LogP contribution in [0.2, 0.25) is 0 Å². The first kappa shape index (κ1) is 18.0. The second-order valence-electron chi connectivity index (χ2n) is 5.59. The summed E-state index contributed by atoms with van der Waals surface area (Å²) in [4.78, 5) is 4.29. The van der Waals surface area contributed by atoms with Gasteiger partial charge in [-0.15, -0.1) is 0 Å². The lowest BCUT2D eigenvalue weighted by Crippen LogP contribution is -2.36. The second kappa shape index (κ2) is 10.4. The van der Waals surface area contributed by atoms with Gasteiger partial charge in [0.2, 0.25) is 0 Å². The van der Waals surface area contributed by atoms with Crippen LogP contribution < -0.4 is 10.6 Å². The first-order chi connectivity index (χ1) is 11.8. The minimum absolute atomic E-state index is 0.655. The molecule has 0 heterocycles. The molecule has 0 spiro atoms. The van der Waals surface area contributed by atoms with Crippen LogP contribution in [0.5, 0.6) is 0 Å². The summed E-state index contributed by atoms with van der Waals surface area (Å²) >= 11 is 0. The van der Waals surface area contributed by atoms with Crippen LogP contribution in [0, 0.1) is 0 Å². The van der Waals surface area contributed by atoms with Gasteiger partial charge >= 0.3 is 0 Å². The molecule has 0 amide bonds. The van der Waals surface area contributed by atoms with Crippen LogP contribution in [0.15, 0.2) is 59.6 Å². The van der Waals surface area contributed by atoms with Gasteiger partial charge in [-0.25, -0.2) is 0 Å². The van der Waals surface area contributed by atoms with Gasteiger partial charge in [0.25, 0.3) is 0 Å². The summed E-state index contributed by atoms with van der Waals surface area (Å²) in [5, 5.41) is 6.71. The number of nitrogens with zero attached hydrogens (tertiary/aromatic N) is 1. The maximum absolute atomic E-state index is 5.67. The fraction of sp³-hybridized carbons (Fsp3) is 0.350. The number of benzene rings is 2. The molecule has 2 rings (SSSR count). The fourth-order valence-corrected chi connectivity index (χ4v) is 2.38. The molecule has 2 aromatic rings. The molecular weight excluding hydrogens is 298 g/mol. The highest BCUT2D eigenvalue weighted by Gasteiger charge is 2.04. The van der Waals surface area contributed by atoms with Gasteiger partial charge in [-0.1, -0.05) is 61.5 Å². The van der Waals surface area contributed by atoms with E-state index in [4.69, 9.17) is 4.74 Å². The quantitative estimate of drug-likeness (QED) is 0.444. The van der Waals surface area contributed by atoms with Gasteiger partial charge < -0.3 is 15.4 Å². The Bertz CT molecular complexity index is 626. The molecule has 0 aliphatic rings. The van der Waals surface area contributed by atoms with E-state index in [0.717, 1.165) is 32.1 Å². The highest BCUT2D eigenvalue weighted by atomic mass is 16.5. The maximum atomic E-state index is 5.67. The van der Waals surface area contributed by atoms with Crippen LogP contribution in [-0.2, 0) is 24.4 Å². The van der Waals surface area contributed by atoms with E-state index < -0.39 is 0 Å². The average molecular weight is 325 g/mol. The number of hydrogen-bond donors (Lipinski definition) is 2. The molecule has 128 valence electrons. The van der Waals surface area contributed by atoms with Gasteiger partial charge in [-0.2, -0.15) is 0 Å². The lowest BCUT2D eigenvalue weighted by Gasteiger charge is -2.14. The smallest absolute Gasteiger partial charge is 0.191 e. The molecule has 0 aliphatic carbocycles. The predicted molar refractivity (Wildman–Crippen MR) is 99.9 cm³/mol. The summed E-state index contributed by atoms with van der Waals surface area (Å²) in [6.45, 7) is 5.04. The molecule has 24 heavy (non-hydrogen) atoms. The summed E-state index contributed by atoms with van der Waals surface area (Å²) < 4.78 is 5.67. The van der Waals surface area contributed by atoms with Crippen LogP contribution in [0.3, 0.4) is 0 Å². The van der Waals surface area contributed by atoms with Crippen LogP contribution in [-0.4, -0.2) is 19.6 Å². The zero-order chi connectivity index (χ0) is 17.0. The largest absolute Gasteiger partial charge is 0.377 e. The molecule has 4 heteroatoms. The van der Waals surface area contributed by atoms with E-state index in [-0.39, 0.29) is 0 Å². The summed E-state index contributed by atoms with van der Waals surface area (Å²) in [6, 6.07) is 18.7. The van der Waals surface area contributed by atoms with Crippen LogP contribution in [0.25, 0.3) is 0 Å². The normalized spacial score (nSPS) is 11.3. The van der Waals surface area contributed by atoms with Crippen molar-refractivity contribution in [2.45, 2.75) is 33.0 Å². The summed E-state index contributed by atoms with van der Waals surface area (Å²) in [6.07, 6.45) is 1.04. The molecule has 0 aliphatic heterocycles. The summed E-state index contributed by atoms with van der Waals surface area (Å²) in [5.41, 5.74) is 3.68. The third-order valence-corrected chi connectivity index (χ3v) is 3.70. The van der Waals surface area contributed by atoms with Crippen molar-refractivity contribution in [2.75, 3.05) is 13.7 Å². The Morgan fingerprint density at radius 2 is 1.58 bits per heavy atom. The first-order valence-corrected chi connectivity index (χ1v) is 8.46. The van der Waals surface area contributed by atoms with E-state index >= 15 is 0 Å². The zero-order valence-electron chi connectivity index (χ0n) is 14.6. The molecule has 0 unspecified atom stereocenters. The molecule has 0 saturated carbocycles. The van der Waals surface area contributed by atoms with E-state index in [1.54, 1.807) is 7.05 Å². The number of ether oxygens (including phenoxy) is 1. The molecule has 0 fully saturated rings. The topological polar surface area (TPSA) is 45.6 Å². The molecular formula is C20H27N3O. The van der Waals surface area contributed by atoms with E-state index in [2.05, 4.69) is 58.9 Å².